The monoisotopic (exact) mass is 459 g/mol. The fraction of sp³-hybridized carbons (Fsp3) is 0.613. The Morgan fingerprint density at radius 2 is 1.38 bits per heavy atom. The molecule has 3 aromatic rings. The Bertz CT molecular complexity index is 1210. The van der Waals surface area contributed by atoms with Gasteiger partial charge >= 0.3 is 0 Å². The van der Waals surface area contributed by atoms with Gasteiger partial charge < -0.3 is 4.98 Å². The molecule has 0 amide bonds. The van der Waals surface area contributed by atoms with Crippen LogP contribution in [0.25, 0.3) is 22.4 Å². The zero-order valence-electron chi connectivity index (χ0n) is 23.8. The van der Waals surface area contributed by atoms with Crippen molar-refractivity contribution in [3.63, 3.8) is 0 Å². The molecule has 184 valence electrons. The van der Waals surface area contributed by atoms with E-state index in [1.807, 2.05) is 0 Å². The van der Waals surface area contributed by atoms with E-state index in [1.54, 1.807) is 0 Å². The number of hydrogen-bond acceptors (Lipinski definition) is 2. The zero-order chi connectivity index (χ0) is 25.6. The number of rotatable bonds is 3. The van der Waals surface area contributed by atoms with Crippen LogP contribution in [0.1, 0.15) is 130 Å². The van der Waals surface area contributed by atoms with Crippen LogP contribution in [0.4, 0.5) is 0 Å². The third kappa shape index (κ3) is 3.29. The fourth-order valence-electron chi connectivity index (χ4n) is 6.07. The first-order valence-corrected chi connectivity index (χ1v) is 13.0. The van der Waals surface area contributed by atoms with E-state index in [2.05, 4.69) is 113 Å². The van der Waals surface area contributed by atoms with Crippen LogP contribution in [0.5, 0.6) is 0 Å². The Labute approximate surface area is 207 Å². The molecule has 0 atom stereocenters. The summed E-state index contributed by atoms with van der Waals surface area (Å²) in [4.78, 5) is 14.0. The quantitative estimate of drug-likeness (QED) is 0.425. The second-order valence-electron chi connectivity index (χ2n) is 13.8. The van der Waals surface area contributed by atoms with E-state index in [-0.39, 0.29) is 21.7 Å². The highest BCUT2D eigenvalue weighted by Gasteiger charge is 2.56. The molecule has 1 aromatic carbocycles. The van der Waals surface area contributed by atoms with Gasteiger partial charge in [-0.2, -0.15) is 0 Å². The van der Waals surface area contributed by atoms with Gasteiger partial charge in [0.25, 0.3) is 0 Å². The summed E-state index contributed by atoms with van der Waals surface area (Å²) in [7, 11) is 0. The predicted octanol–water partition coefficient (Wildman–Crippen LogP) is 8.76. The third-order valence-electron chi connectivity index (χ3n) is 9.39. The first-order chi connectivity index (χ1) is 15.4. The average Bonchev–Trinajstić information content (AvgIpc) is 3.16. The Morgan fingerprint density at radius 3 is 1.88 bits per heavy atom. The van der Waals surface area contributed by atoms with Crippen molar-refractivity contribution in [2.75, 3.05) is 0 Å². The lowest BCUT2D eigenvalue weighted by molar-refractivity contribution is 0.125. The maximum atomic E-state index is 5.25. The number of H-pyrrole nitrogens is 1. The molecule has 3 heteroatoms. The summed E-state index contributed by atoms with van der Waals surface area (Å²) in [6, 6.07) is 4.74. The molecule has 2 aromatic heterocycles. The van der Waals surface area contributed by atoms with Crippen LogP contribution < -0.4 is 0 Å². The smallest absolute Gasteiger partial charge is 0.139 e. The molecule has 0 bridgehead atoms. The summed E-state index contributed by atoms with van der Waals surface area (Å²) in [6.45, 7) is 30.3. The van der Waals surface area contributed by atoms with E-state index in [9.17, 15) is 0 Å². The summed E-state index contributed by atoms with van der Waals surface area (Å²) in [6.07, 6.45) is 2.09. The minimum atomic E-state index is -0.0311. The van der Waals surface area contributed by atoms with Crippen LogP contribution in [0, 0.1) is 5.41 Å². The highest BCUT2D eigenvalue weighted by Crippen LogP contribution is 2.61. The van der Waals surface area contributed by atoms with Crippen LogP contribution in [0.2, 0.25) is 0 Å². The molecule has 1 aliphatic rings. The summed E-state index contributed by atoms with van der Waals surface area (Å²) in [5.74, 6) is 1.70. The fourth-order valence-corrected chi connectivity index (χ4v) is 6.07. The Kier molecular flexibility index (Phi) is 5.44. The second kappa shape index (κ2) is 7.42. The molecule has 0 aliphatic heterocycles. The van der Waals surface area contributed by atoms with Gasteiger partial charge in [-0.1, -0.05) is 90.0 Å². The highest BCUT2D eigenvalue weighted by molar-refractivity contribution is 5.84. The lowest BCUT2D eigenvalue weighted by Crippen LogP contribution is -2.42. The molecular formula is C31H45N3. The average molecular weight is 460 g/mol. The van der Waals surface area contributed by atoms with Crippen LogP contribution >= 0.6 is 0 Å². The Morgan fingerprint density at radius 1 is 0.824 bits per heavy atom. The van der Waals surface area contributed by atoms with Gasteiger partial charge in [0.1, 0.15) is 5.82 Å². The highest BCUT2D eigenvalue weighted by atomic mass is 14.9. The minimum Gasteiger partial charge on any atom is -0.338 e. The molecular weight excluding hydrogens is 414 g/mol. The van der Waals surface area contributed by atoms with Crippen LogP contribution in [-0.4, -0.2) is 15.0 Å². The largest absolute Gasteiger partial charge is 0.338 e. The number of pyridine rings is 1. The molecule has 1 aliphatic carbocycles. The molecule has 0 saturated heterocycles. The van der Waals surface area contributed by atoms with Crippen LogP contribution in [0.3, 0.4) is 0 Å². The van der Waals surface area contributed by atoms with Crippen molar-refractivity contribution in [1.29, 1.82) is 0 Å². The maximum Gasteiger partial charge on any atom is 0.139 e. The molecule has 2 heterocycles. The summed E-state index contributed by atoms with van der Waals surface area (Å²) >= 11 is 0. The number of nitrogens with one attached hydrogen (secondary N) is 1. The predicted molar refractivity (Wildman–Crippen MR) is 146 cm³/mol. The van der Waals surface area contributed by atoms with E-state index in [1.165, 1.54) is 33.5 Å². The first-order valence-electron chi connectivity index (χ1n) is 13.0. The standard InChI is InChI=1S/C31H45N3/c1-17(2)19-16-32-26(28(5,6)7)24(18(3)4)25(19)27-33-22-14-20-21(15-23(22)34-27)30(10,11)31(12,13)29(20,8)9/h14-18H,1-13H3,(H,33,34). The van der Waals surface area contributed by atoms with E-state index in [0.717, 1.165) is 16.9 Å². The van der Waals surface area contributed by atoms with Crippen molar-refractivity contribution >= 4 is 11.0 Å². The molecule has 0 fully saturated rings. The van der Waals surface area contributed by atoms with Gasteiger partial charge in [0.05, 0.1) is 11.0 Å². The van der Waals surface area contributed by atoms with Crippen LogP contribution in [0.15, 0.2) is 18.3 Å². The summed E-state index contributed by atoms with van der Waals surface area (Å²) in [5, 5.41) is 0. The molecule has 1 N–H and O–H groups in total. The number of fused-ring (bicyclic) bond motifs is 2. The first kappa shape index (κ1) is 24.9. The number of aromatic nitrogens is 3. The number of hydrogen-bond donors (Lipinski definition) is 1. The van der Waals surface area contributed by atoms with E-state index in [0.29, 0.717) is 11.8 Å². The lowest BCUT2D eigenvalue weighted by atomic mass is 9.59. The van der Waals surface area contributed by atoms with Crippen molar-refractivity contribution in [2.24, 2.45) is 5.41 Å². The normalized spacial score (nSPS) is 18.8. The van der Waals surface area contributed by atoms with Crippen LogP contribution in [-0.2, 0) is 16.2 Å². The van der Waals surface area contributed by atoms with Crippen molar-refractivity contribution in [1.82, 2.24) is 15.0 Å². The van der Waals surface area contributed by atoms with Gasteiger partial charge in [-0.05, 0) is 62.5 Å². The van der Waals surface area contributed by atoms with Gasteiger partial charge in [0.2, 0.25) is 0 Å². The molecule has 34 heavy (non-hydrogen) atoms. The number of imidazole rings is 1. The number of benzene rings is 1. The Balaban J connectivity index is 2.04. The minimum absolute atomic E-state index is 0.0311. The van der Waals surface area contributed by atoms with Gasteiger partial charge in [-0.25, -0.2) is 4.98 Å². The molecule has 0 radical (unpaired) electrons. The summed E-state index contributed by atoms with van der Waals surface area (Å²) in [5.41, 5.74) is 10.4. The third-order valence-corrected chi connectivity index (χ3v) is 9.39. The molecule has 0 spiro atoms. The molecule has 0 saturated carbocycles. The number of aromatic amines is 1. The SMILES string of the molecule is CC(C)c1cnc(C(C)(C)C)c(C(C)C)c1-c1nc2cc3c(cc2[nH]1)C(C)(C)C(C)(C)C3(C)C. The maximum absolute atomic E-state index is 5.25. The molecule has 3 nitrogen and oxygen atoms in total. The van der Waals surface area contributed by atoms with Crippen molar-refractivity contribution in [3.05, 3.63) is 46.3 Å². The van der Waals surface area contributed by atoms with E-state index >= 15 is 0 Å². The summed E-state index contributed by atoms with van der Waals surface area (Å²) < 4.78 is 0. The molecule has 4 rings (SSSR count). The molecule has 0 unspecified atom stereocenters. The lowest BCUT2D eigenvalue weighted by Gasteiger charge is -2.44. The van der Waals surface area contributed by atoms with Gasteiger partial charge in [-0.3, -0.25) is 4.98 Å². The second-order valence-corrected chi connectivity index (χ2v) is 13.8. The topological polar surface area (TPSA) is 41.6 Å². The van der Waals surface area contributed by atoms with Gasteiger partial charge in [0.15, 0.2) is 0 Å². The van der Waals surface area contributed by atoms with Crippen molar-refractivity contribution in [3.8, 4) is 11.4 Å². The van der Waals surface area contributed by atoms with E-state index in [4.69, 9.17) is 9.97 Å². The van der Waals surface area contributed by atoms with E-state index < -0.39 is 0 Å². The van der Waals surface area contributed by atoms with Gasteiger partial charge in [-0.15, -0.1) is 0 Å². The zero-order valence-corrected chi connectivity index (χ0v) is 23.8. The van der Waals surface area contributed by atoms with Crippen molar-refractivity contribution in [2.45, 2.75) is 118 Å². The van der Waals surface area contributed by atoms with Gasteiger partial charge in [0, 0.05) is 22.9 Å². The van der Waals surface area contributed by atoms with Crippen molar-refractivity contribution < 1.29 is 0 Å². The Hall–Kier alpha value is -2.16. The number of nitrogens with zero attached hydrogens (tertiary/aromatic N) is 2.